The van der Waals surface area contributed by atoms with Gasteiger partial charge in [-0.3, -0.25) is 5.21 Å². The number of nitrogens with zero attached hydrogens (tertiary/aromatic N) is 3. The minimum atomic E-state index is 0.143. The molecule has 0 aliphatic carbocycles. The van der Waals surface area contributed by atoms with Crippen LogP contribution in [0.15, 0.2) is 12.5 Å². The number of hydrogen-bond acceptors (Lipinski definition) is 5. The van der Waals surface area contributed by atoms with Gasteiger partial charge in [-0.05, 0) is 0 Å². The normalized spacial score (nSPS) is 10.3. The molecule has 0 amide bonds. The van der Waals surface area contributed by atoms with Gasteiger partial charge >= 0.3 is 0 Å². The highest BCUT2D eigenvalue weighted by molar-refractivity contribution is 5.69. The third kappa shape index (κ3) is 0.887. The Labute approximate surface area is 61.3 Å². The SMILES string of the molecule is ONc1ncc2[nH]cnc2n1. The maximum absolute atomic E-state index is 8.42. The molecule has 0 aromatic carbocycles. The number of rotatable bonds is 1. The van der Waals surface area contributed by atoms with Gasteiger partial charge in [0.1, 0.15) is 5.52 Å². The lowest BCUT2D eigenvalue weighted by atomic mass is 10.6. The molecular formula is C5H5N5O. The van der Waals surface area contributed by atoms with Crippen molar-refractivity contribution < 1.29 is 5.21 Å². The van der Waals surface area contributed by atoms with Gasteiger partial charge in [-0.25, -0.2) is 15.4 Å². The summed E-state index contributed by atoms with van der Waals surface area (Å²) in [7, 11) is 0. The van der Waals surface area contributed by atoms with E-state index in [1.165, 1.54) is 12.5 Å². The van der Waals surface area contributed by atoms with Crippen molar-refractivity contribution in [3.63, 3.8) is 0 Å². The molecule has 0 saturated heterocycles. The number of aromatic nitrogens is 4. The highest BCUT2D eigenvalue weighted by Crippen LogP contribution is 2.05. The minimum absolute atomic E-state index is 0.143. The van der Waals surface area contributed by atoms with Gasteiger partial charge in [0.25, 0.3) is 0 Å². The highest BCUT2D eigenvalue weighted by Gasteiger charge is 1.98. The van der Waals surface area contributed by atoms with Gasteiger partial charge in [0, 0.05) is 0 Å². The third-order valence-corrected chi connectivity index (χ3v) is 1.28. The summed E-state index contributed by atoms with van der Waals surface area (Å²) in [6, 6.07) is 0. The first-order chi connectivity index (χ1) is 5.40. The molecule has 0 atom stereocenters. The molecule has 0 fully saturated rings. The Morgan fingerprint density at radius 1 is 1.45 bits per heavy atom. The molecule has 2 aromatic rings. The summed E-state index contributed by atoms with van der Waals surface area (Å²) in [5.41, 5.74) is 3.10. The van der Waals surface area contributed by atoms with Crippen LogP contribution in [-0.2, 0) is 0 Å². The largest absolute Gasteiger partial charge is 0.342 e. The number of imidazole rings is 1. The minimum Gasteiger partial charge on any atom is -0.342 e. The van der Waals surface area contributed by atoms with Gasteiger partial charge in [0.2, 0.25) is 5.95 Å². The Bertz CT molecular complexity index is 370. The van der Waals surface area contributed by atoms with Crippen molar-refractivity contribution in [2.24, 2.45) is 0 Å². The molecule has 0 radical (unpaired) electrons. The Kier molecular flexibility index (Phi) is 1.19. The van der Waals surface area contributed by atoms with Gasteiger partial charge in [-0.2, -0.15) is 4.98 Å². The van der Waals surface area contributed by atoms with Gasteiger partial charge in [-0.15, -0.1) is 0 Å². The van der Waals surface area contributed by atoms with E-state index in [1.54, 1.807) is 0 Å². The molecule has 0 aliphatic rings. The Balaban J connectivity index is 2.67. The average Bonchev–Trinajstić information content (AvgIpc) is 2.50. The van der Waals surface area contributed by atoms with E-state index in [9.17, 15) is 0 Å². The summed E-state index contributed by atoms with van der Waals surface area (Å²) in [5.74, 6) is 0.143. The molecule has 2 aromatic heterocycles. The molecule has 11 heavy (non-hydrogen) atoms. The van der Waals surface area contributed by atoms with E-state index in [-0.39, 0.29) is 5.95 Å². The van der Waals surface area contributed by atoms with Crippen LogP contribution in [0.1, 0.15) is 0 Å². The van der Waals surface area contributed by atoms with E-state index in [4.69, 9.17) is 5.21 Å². The maximum Gasteiger partial charge on any atom is 0.249 e. The molecule has 2 heterocycles. The second-order valence-corrected chi connectivity index (χ2v) is 1.95. The van der Waals surface area contributed by atoms with Crippen LogP contribution in [0.4, 0.5) is 5.95 Å². The van der Waals surface area contributed by atoms with E-state index in [2.05, 4.69) is 19.9 Å². The summed E-state index contributed by atoms with van der Waals surface area (Å²) in [6.45, 7) is 0. The molecule has 0 saturated carbocycles. The predicted octanol–water partition coefficient (Wildman–Crippen LogP) is 0.154. The Morgan fingerprint density at radius 3 is 3.18 bits per heavy atom. The maximum atomic E-state index is 8.42. The lowest BCUT2D eigenvalue weighted by Crippen LogP contribution is -1.95. The molecule has 6 heteroatoms. The van der Waals surface area contributed by atoms with Crippen molar-refractivity contribution in [2.75, 3.05) is 5.48 Å². The van der Waals surface area contributed by atoms with Gasteiger partial charge < -0.3 is 4.98 Å². The first-order valence-corrected chi connectivity index (χ1v) is 2.96. The standard InChI is InChI=1S/C5H5N5O/c11-10-5-6-1-3-4(9-5)8-2-7-3/h1-2,11H,(H2,6,7,8,9,10). The Morgan fingerprint density at radius 2 is 2.36 bits per heavy atom. The second-order valence-electron chi connectivity index (χ2n) is 1.95. The number of H-pyrrole nitrogens is 1. The molecule has 0 bridgehead atoms. The fourth-order valence-corrected chi connectivity index (χ4v) is 0.790. The number of hydrogen-bond donors (Lipinski definition) is 3. The number of anilines is 1. The van der Waals surface area contributed by atoms with Gasteiger partial charge in [-0.1, -0.05) is 0 Å². The second kappa shape index (κ2) is 2.17. The van der Waals surface area contributed by atoms with Crippen molar-refractivity contribution >= 4 is 17.1 Å². The monoisotopic (exact) mass is 151 g/mol. The molecule has 6 nitrogen and oxygen atoms in total. The van der Waals surface area contributed by atoms with Crippen LogP contribution in [0.2, 0.25) is 0 Å². The van der Waals surface area contributed by atoms with Gasteiger partial charge in [0.05, 0.1) is 12.5 Å². The van der Waals surface area contributed by atoms with Crippen LogP contribution in [0, 0.1) is 0 Å². The van der Waals surface area contributed by atoms with Crippen molar-refractivity contribution in [2.45, 2.75) is 0 Å². The Hall–Kier alpha value is -1.69. The molecular weight excluding hydrogens is 146 g/mol. The molecule has 0 aliphatic heterocycles. The predicted molar refractivity (Wildman–Crippen MR) is 37.1 cm³/mol. The van der Waals surface area contributed by atoms with E-state index in [0.717, 1.165) is 5.52 Å². The van der Waals surface area contributed by atoms with Crippen molar-refractivity contribution in [1.29, 1.82) is 0 Å². The quantitative estimate of drug-likeness (QED) is 0.505. The zero-order valence-electron chi connectivity index (χ0n) is 5.44. The zero-order chi connectivity index (χ0) is 7.68. The van der Waals surface area contributed by atoms with Crippen molar-refractivity contribution in [1.82, 2.24) is 19.9 Å². The van der Waals surface area contributed by atoms with Crippen LogP contribution in [0.25, 0.3) is 11.2 Å². The summed E-state index contributed by atoms with van der Waals surface area (Å²) < 4.78 is 0. The average molecular weight is 151 g/mol. The van der Waals surface area contributed by atoms with Crippen molar-refractivity contribution in [3.8, 4) is 0 Å². The van der Waals surface area contributed by atoms with Crippen LogP contribution in [0.3, 0.4) is 0 Å². The van der Waals surface area contributed by atoms with Crippen LogP contribution < -0.4 is 5.48 Å². The van der Waals surface area contributed by atoms with E-state index >= 15 is 0 Å². The van der Waals surface area contributed by atoms with Crippen LogP contribution >= 0.6 is 0 Å². The molecule has 0 spiro atoms. The number of nitrogens with one attached hydrogen (secondary N) is 2. The summed E-state index contributed by atoms with van der Waals surface area (Å²) in [5, 5.41) is 8.42. The number of aromatic amines is 1. The van der Waals surface area contributed by atoms with E-state index in [1.807, 2.05) is 5.48 Å². The van der Waals surface area contributed by atoms with Crippen molar-refractivity contribution in [3.05, 3.63) is 12.5 Å². The molecule has 56 valence electrons. The lowest BCUT2D eigenvalue weighted by molar-refractivity contribution is 0.383. The smallest absolute Gasteiger partial charge is 0.249 e. The first kappa shape index (κ1) is 6.05. The highest BCUT2D eigenvalue weighted by atomic mass is 16.5. The van der Waals surface area contributed by atoms with E-state index in [0.29, 0.717) is 5.65 Å². The number of fused-ring (bicyclic) bond motifs is 1. The summed E-state index contributed by atoms with van der Waals surface area (Å²) in [4.78, 5) is 14.3. The lowest BCUT2D eigenvalue weighted by Gasteiger charge is -1.93. The molecule has 0 unspecified atom stereocenters. The summed E-state index contributed by atoms with van der Waals surface area (Å²) >= 11 is 0. The fraction of sp³-hybridized carbons (Fsp3) is 0. The van der Waals surface area contributed by atoms with E-state index < -0.39 is 0 Å². The van der Waals surface area contributed by atoms with Crippen LogP contribution in [0.5, 0.6) is 0 Å². The van der Waals surface area contributed by atoms with Gasteiger partial charge in [0.15, 0.2) is 5.65 Å². The topological polar surface area (TPSA) is 86.7 Å². The summed E-state index contributed by atoms with van der Waals surface area (Å²) in [6.07, 6.45) is 3.05. The third-order valence-electron chi connectivity index (χ3n) is 1.28. The van der Waals surface area contributed by atoms with Crippen LogP contribution in [-0.4, -0.2) is 25.1 Å². The molecule has 2 rings (SSSR count). The zero-order valence-corrected chi connectivity index (χ0v) is 5.44. The molecule has 3 N–H and O–H groups in total. The first-order valence-electron chi connectivity index (χ1n) is 2.96. The fourth-order valence-electron chi connectivity index (χ4n) is 0.790.